The number of aliphatic carboxylic acids is 1. The fourth-order valence-electron chi connectivity index (χ4n) is 1.94. The lowest BCUT2D eigenvalue weighted by molar-refractivity contribution is -0.144. The maximum Gasteiger partial charge on any atom is 0.332 e. The van der Waals surface area contributed by atoms with Gasteiger partial charge in [-0.2, -0.15) is 4.98 Å². The predicted octanol–water partition coefficient (Wildman–Crippen LogP) is 0.159. The molecule has 1 unspecified atom stereocenters. The molecule has 1 aliphatic rings. The summed E-state index contributed by atoms with van der Waals surface area (Å²) in [5.41, 5.74) is -0.813. The Hall–Kier alpha value is -2.42. The summed E-state index contributed by atoms with van der Waals surface area (Å²) in [4.78, 5) is 31.2. The van der Waals surface area contributed by atoms with Gasteiger partial charge in [0.05, 0.1) is 13.7 Å². The van der Waals surface area contributed by atoms with Gasteiger partial charge in [0.25, 0.3) is 0 Å². The van der Waals surface area contributed by atoms with Crippen LogP contribution >= 0.6 is 0 Å². The van der Waals surface area contributed by atoms with Crippen LogP contribution in [0.4, 0.5) is 10.7 Å². The molecule has 9 heteroatoms. The van der Waals surface area contributed by atoms with E-state index in [4.69, 9.17) is 9.47 Å². The van der Waals surface area contributed by atoms with Gasteiger partial charge in [0.2, 0.25) is 11.8 Å². The van der Waals surface area contributed by atoms with Crippen LogP contribution in [0.3, 0.4) is 0 Å². The summed E-state index contributed by atoms with van der Waals surface area (Å²) >= 11 is 0. The molecule has 2 heterocycles. The molecule has 1 aliphatic heterocycles. The lowest BCUT2D eigenvalue weighted by Gasteiger charge is -2.23. The van der Waals surface area contributed by atoms with Crippen molar-refractivity contribution < 1.29 is 24.2 Å². The largest absolute Gasteiger partial charge is 0.481 e. The van der Waals surface area contributed by atoms with Gasteiger partial charge in [0.15, 0.2) is 5.54 Å². The number of carboxylic acid groups (broad SMARTS) is 1. The Morgan fingerprint density at radius 2 is 2.24 bits per heavy atom. The van der Waals surface area contributed by atoms with Gasteiger partial charge in [-0.25, -0.2) is 14.6 Å². The number of urea groups is 1. The molecule has 21 heavy (non-hydrogen) atoms. The van der Waals surface area contributed by atoms with Crippen LogP contribution in [0.5, 0.6) is 5.88 Å². The maximum absolute atomic E-state index is 11.9. The van der Waals surface area contributed by atoms with Crippen LogP contribution in [0, 0.1) is 6.92 Å². The highest BCUT2D eigenvalue weighted by Crippen LogP contribution is 2.19. The number of hydrogen-bond acceptors (Lipinski definition) is 6. The zero-order chi connectivity index (χ0) is 15.5. The summed E-state index contributed by atoms with van der Waals surface area (Å²) < 4.78 is 10.0. The molecule has 1 aromatic heterocycles. The number of aryl methyl sites for hydroxylation is 1. The van der Waals surface area contributed by atoms with Gasteiger partial charge < -0.3 is 19.9 Å². The van der Waals surface area contributed by atoms with E-state index < -0.39 is 17.5 Å². The van der Waals surface area contributed by atoms with E-state index >= 15 is 0 Å². The van der Waals surface area contributed by atoms with Crippen molar-refractivity contribution in [2.24, 2.45) is 0 Å². The molecule has 2 rings (SSSR count). The Balaban J connectivity index is 2.08. The Kier molecular flexibility index (Phi) is 4.22. The van der Waals surface area contributed by atoms with Crippen LogP contribution in [-0.2, 0) is 9.53 Å². The van der Waals surface area contributed by atoms with Gasteiger partial charge in [-0.1, -0.05) is 0 Å². The minimum atomic E-state index is -1.42. The van der Waals surface area contributed by atoms with Crippen molar-refractivity contribution in [3.63, 3.8) is 0 Å². The van der Waals surface area contributed by atoms with Crippen molar-refractivity contribution >= 4 is 17.9 Å². The molecule has 0 bridgehead atoms. The summed E-state index contributed by atoms with van der Waals surface area (Å²) in [7, 11) is 1.45. The fourth-order valence-corrected chi connectivity index (χ4v) is 1.94. The zero-order valence-electron chi connectivity index (χ0n) is 11.7. The lowest BCUT2D eigenvalue weighted by atomic mass is 9.99. The molecule has 114 valence electrons. The fraction of sp³-hybridized carbons (Fsp3) is 0.500. The van der Waals surface area contributed by atoms with E-state index in [0.29, 0.717) is 11.6 Å². The number of nitrogens with zero attached hydrogens (tertiary/aromatic N) is 2. The van der Waals surface area contributed by atoms with Gasteiger partial charge in [-0.05, 0) is 6.92 Å². The molecule has 1 fully saturated rings. The lowest BCUT2D eigenvalue weighted by Crippen LogP contribution is -2.56. The molecule has 0 radical (unpaired) electrons. The molecule has 2 amide bonds. The van der Waals surface area contributed by atoms with Crippen LogP contribution in [0.25, 0.3) is 0 Å². The van der Waals surface area contributed by atoms with Crippen molar-refractivity contribution in [3.05, 3.63) is 11.8 Å². The molecule has 0 spiro atoms. The number of anilines is 1. The third-order valence-electron chi connectivity index (χ3n) is 3.05. The number of carbonyl (C=O) groups excluding carboxylic acids is 1. The number of carboxylic acids is 1. The molecule has 1 aromatic rings. The van der Waals surface area contributed by atoms with Crippen LogP contribution < -0.4 is 15.4 Å². The minimum Gasteiger partial charge on any atom is -0.481 e. The summed E-state index contributed by atoms with van der Waals surface area (Å²) in [5.74, 6) is -0.809. The van der Waals surface area contributed by atoms with Crippen molar-refractivity contribution in [2.45, 2.75) is 18.9 Å². The normalized spacial score (nSPS) is 20.9. The number of hydrogen-bond donors (Lipinski definition) is 3. The molecule has 3 N–H and O–H groups in total. The van der Waals surface area contributed by atoms with Crippen molar-refractivity contribution in [2.75, 3.05) is 25.6 Å². The molecule has 0 aromatic carbocycles. The van der Waals surface area contributed by atoms with Gasteiger partial charge in [-0.15, -0.1) is 0 Å². The third kappa shape index (κ3) is 3.37. The summed E-state index contributed by atoms with van der Waals surface area (Å²) in [6.45, 7) is 1.92. The quantitative estimate of drug-likeness (QED) is 0.723. The third-order valence-corrected chi connectivity index (χ3v) is 3.05. The van der Waals surface area contributed by atoms with E-state index in [2.05, 4.69) is 20.6 Å². The summed E-state index contributed by atoms with van der Waals surface area (Å²) in [6, 6.07) is 0.891. The smallest absolute Gasteiger partial charge is 0.332 e. The number of aromatic nitrogens is 2. The highest BCUT2D eigenvalue weighted by Gasteiger charge is 2.44. The summed E-state index contributed by atoms with van der Waals surface area (Å²) in [5, 5.41) is 14.0. The van der Waals surface area contributed by atoms with E-state index in [0.717, 1.165) is 0 Å². The SMILES string of the molecule is COc1cc(C)nc(NC(=O)NC2(C(=O)O)CCOC2)n1. The highest BCUT2D eigenvalue weighted by atomic mass is 16.5. The van der Waals surface area contributed by atoms with Gasteiger partial charge >= 0.3 is 12.0 Å². The van der Waals surface area contributed by atoms with Crippen molar-refractivity contribution in [1.29, 1.82) is 0 Å². The second-order valence-corrected chi connectivity index (χ2v) is 4.64. The Morgan fingerprint density at radius 1 is 1.48 bits per heavy atom. The first-order valence-corrected chi connectivity index (χ1v) is 6.25. The number of nitrogens with one attached hydrogen (secondary N) is 2. The second-order valence-electron chi connectivity index (χ2n) is 4.64. The highest BCUT2D eigenvalue weighted by molar-refractivity contribution is 5.93. The van der Waals surface area contributed by atoms with Gasteiger partial charge in [0.1, 0.15) is 0 Å². The first-order valence-electron chi connectivity index (χ1n) is 6.25. The zero-order valence-corrected chi connectivity index (χ0v) is 11.7. The Bertz CT molecular complexity index is 557. The Morgan fingerprint density at radius 3 is 2.81 bits per heavy atom. The molecule has 0 saturated carbocycles. The van der Waals surface area contributed by atoms with Gasteiger partial charge in [0, 0.05) is 24.8 Å². The maximum atomic E-state index is 11.9. The van der Waals surface area contributed by atoms with Crippen molar-refractivity contribution in [1.82, 2.24) is 15.3 Å². The van der Waals surface area contributed by atoms with E-state index in [1.807, 2.05) is 0 Å². The van der Waals surface area contributed by atoms with Crippen molar-refractivity contribution in [3.8, 4) is 5.88 Å². The minimum absolute atomic E-state index is 0.0313. The number of amides is 2. The van der Waals surface area contributed by atoms with Gasteiger partial charge in [-0.3, -0.25) is 5.32 Å². The molecular formula is C12H16N4O5. The standard InChI is InChI=1S/C12H16N4O5/c1-7-5-8(20-2)14-10(13-7)15-11(19)16-12(9(17)18)3-4-21-6-12/h5H,3-4,6H2,1-2H3,(H,17,18)(H2,13,14,15,16,19). The van der Waals surface area contributed by atoms with Crippen LogP contribution in [0.2, 0.25) is 0 Å². The number of methoxy groups -OCH3 is 1. The van der Waals surface area contributed by atoms with Crippen LogP contribution in [0.15, 0.2) is 6.07 Å². The number of rotatable bonds is 4. The molecule has 1 saturated heterocycles. The molecule has 1 atom stereocenters. The molecular weight excluding hydrogens is 280 g/mol. The molecule has 0 aliphatic carbocycles. The first kappa shape index (κ1) is 15.0. The van der Waals surface area contributed by atoms with E-state index in [-0.39, 0.29) is 25.6 Å². The predicted molar refractivity (Wildman–Crippen MR) is 71.3 cm³/mol. The topological polar surface area (TPSA) is 123 Å². The summed E-state index contributed by atoms with van der Waals surface area (Å²) in [6.07, 6.45) is 0.202. The number of carbonyl (C=O) groups is 2. The van der Waals surface area contributed by atoms with E-state index in [1.165, 1.54) is 7.11 Å². The van der Waals surface area contributed by atoms with E-state index in [1.54, 1.807) is 13.0 Å². The number of ether oxygens (including phenoxy) is 2. The van der Waals surface area contributed by atoms with E-state index in [9.17, 15) is 14.7 Å². The molecule has 9 nitrogen and oxygen atoms in total. The first-order chi connectivity index (χ1) is 9.95. The average molecular weight is 296 g/mol. The van der Waals surface area contributed by atoms with Crippen LogP contribution in [0.1, 0.15) is 12.1 Å². The van der Waals surface area contributed by atoms with Crippen LogP contribution in [-0.4, -0.2) is 52.9 Å². The second kappa shape index (κ2) is 5.92. The Labute approximate surface area is 120 Å². The average Bonchev–Trinajstić information content (AvgIpc) is 2.87. The monoisotopic (exact) mass is 296 g/mol.